The minimum atomic E-state index is -0.0821. The smallest absolute Gasteiger partial charge is 0.239 e. The van der Waals surface area contributed by atoms with Crippen molar-refractivity contribution in [2.24, 2.45) is 0 Å². The topological polar surface area (TPSA) is 54.3 Å². The second-order valence-corrected chi connectivity index (χ2v) is 7.11. The molecule has 1 aromatic carbocycles. The molecule has 1 aromatic heterocycles. The molecule has 0 saturated carbocycles. The van der Waals surface area contributed by atoms with Crippen molar-refractivity contribution in [2.45, 2.75) is 51.4 Å². The van der Waals surface area contributed by atoms with Gasteiger partial charge < -0.3 is 4.90 Å². The third-order valence-corrected chi connectivity index (χ3v) is 5.58. The number of hydrogen-bond donors (Lipinski definition) is 0. The molecule has 0 spiro atoms. The van der Waals surface area contributed by atoms with Gasteiger partial charge in [0, 0.05) is 19.1 Å². The van der Waals surface area contributed by atoms with Crippen molar-refractivity contribution in [2.75, 3.05) is 13.1 Å². The molecule has 2 aliphatic rings. The molecule has 0 bridgehead atoms. The zero-order chi connectivity index (χ0) is 17.2. The van der Waals surface area contributed by atoms with Gasteiger partial charge in [-0.05, 0) is 43.9 Å². The van der Waals surface area contributed by atoms with Gasteiger partial charge in [-0.15, -0.1) is 0 Å². The summed E-state index contributed by atoms with van der Waals surface area (Å²) in [5, 5.41) is 4.22. The zero-order valence-corrected chi connectivity index (χ0v) is 14.7. The Morgan fingerprint density at radius 3 is 2.92 bits per heavy atom. The molecular formula is C19H25N5O. The number of aromatic nitrogens is 3. The Kier molecular flexibility index (Phi) is 4.53. The molecular weight excluding hydrogens is 314 g/mol. The SMILES string of the molecule is CC(C(=O)N1CCc2ccccc2C1)N1CCCC1Cn1cncn1. The van der Waals surface area contributed by atoms with Crippen LogP contribution in [0.1, 0.15) is 30.9 Å². The number of rotatable bonds is 4. The van der Waals surface area contributed by atoms with Crippen LogP contribution in [0.25, 0.3) is 0 Å². The highest BCUT2D eigenvalue weighted by Crippen LogP contribution is 2.24. The van der Waals surface area contributed by atoms with Gasteiger partial charge in [-0.3, -0.25) is 14.4 Å². The first-order valence-electron chi connectivity index (χ1n) is 9.16. The fraction of sp³-hybridized carbons (Fsp3) is 0.526. The summed E-state index contributed by atoms with van der Waals surface area (Å²) in [5.74, 6) is 0.250. The van der Waals surface area contributed by atoms with Crippen LogP contribution in [-0.4, -0.2) is 55.6 Å². The molecule has 2 aromatic rings. The number of benzene rings is 1. The first-order chi connectivity index (χ1) is 12.2. The van der Waals surface area contributed by atoms with Crippen molar-refractivity contribution < 1.29 is 4.79 Å². The quantitative estimate of drug-likeness (QED) is 0.851. The molecule has 25 heavy (non-hydrogen) atoms. The molecule has 0 aliphatic carbocycles. The molecule has 1 amide bonds. The maximum absolute atomic E-state index is 13.1. The Hall–Kier alpha value is -2.21. The van der Waals surface area contributed by atoms with E-state index in [0.717, 1.165) is 45.4 Å². The van der Waals surface area contributed by atoms with Gasteiger partial charge in [-0.2, -0.15) is 5.10 Å². The highest BCUT2D eigenvalue weighted by Gasteiger charge is 2.35. The predicted molar refractivity (Wildman–Crippen MR) is 94.8 cm³/mol. The molecule has 4 rings (SSSR count). The summed E-state index contributed by atoms with van der Waals surface area (Å²) in [6.45, 7) is 5.41. The Bertz CT molecular complexity index is 729. The lowest BCUT2D eigenvalue weighted by Gasteiger charge is -2.36. The van der Waals surface area contributed by atoms with Crippen molar-refractivity contribution >= 4 is 5.91 Å². The Balaban J connectivity index is 1.43. The summed E-state index contributed by atoms with van der Waals surface area (Å²) in [6.07, 6.45) is 6.53. The molecule has 6 nitrogen and oxygen atoms in total. The number of fused-ring (bicyclic) bond motifs is 1. The normalized spacial score (nSPS) is 22.0. The molecule has 3 heterocycles. The van der Waals surface area contributed by atoms with Gasteiger partial charge >= 0.3 is 0 Å². The average Bonchev–Trinajstić information content (AvgIpc) is 3.32. The molecule has 1 saturated heterocycles. The molecule has 2 unspecified atom stereocenters. The van der Waals surface area contributed by atoms with Crippen molar-refractivity contribution in [3.63, 3.8) is 0 Å². The van der Waals surface area contributed by atoms with E-state index in [9.17, 15) is 4.79 Å². The number of hydrogen-bond acceptors (Lipinski definition) is 4. The Morgan fingerprint density at radius 2 is 2.12 bits per heavy atom. The standard InChI is InChI=1S/C19H25N5O/c1-15(24-9-4-7-18(24)12-23-14-20-13-21-23)19(25)22-10-8-16-5-2-3-6-17(16)11-22/h2-3,5-6,13-15,18H,4,7-12H2,1H3. The minimum absolute atomic E-state index is 0.0821. The van der Waals surface area contributed by atoms with Crippen LogP contribution in [-0.2, 0) is 24.3 Å². The van der Waals surface area contributed by atoms with Crippen molar-refractivity contribution in [1.82, 2.24) is 24.6 Å². The molecule has 1 fully saturated rings. The predicted octanol–water partition coefficient (Wildman–Crippen LogP) is 1.72. The van der Waals surface area contributed by atoms with Crippen molar-refractivity contribution in [3.8, 4) is 0 Å². The maximum Gasteiger partial charge on any atom is 0.239 e. The second kappa shape index (κ2) is 6.96. The summed E-state index contributed by atoms with van der Waals surface area (Å²) in [4.78, 5) is 21.5. The van der Waals surface area contributed by atoms with Crippen molar-refractivity contribution in [3.05, 3.63) is 48.0 Å². The lowest BCUT2D eigenvalue weighted by atomic mass is 9.99. The van der Waals surface area contributed by atoms with Gasteiger partial charge in [-0.25, -0.2) is 4.98 Å². The first-order valence-corrected chi connectivity index (χ1v) is 9.16. The zero-order valence-electron chi connectivity index (χ0n) is 14.7. The Labute approximate surface area is 148 Å². The number of carbonyl (C=O) groups excluding carboxylic acids is 1. The highest BCUT2D eigenvalue weighted by atomic mass is 16.2. The molecule has 2 atom stereocenters. The fourth-order valence-corrected chi connectivity index (χ4v) is 4.20. The van der Waals surface area contributed by atoms with Gasteiger partial charge in [-0.1, -0.05) is 24.3 Å². The van der Waals surface area contributed by atoms with E-state index in [4.69, 9.17) is 0 Å². The van der Waals surface area contributed by atoms with E-state index in [2.05, 4.69) is 46.2 Å². The average molecular weight is 339 g/mol. The third kappa shape index (κ3) is 3.31. The lowest BCUT2D eigenvalue weighted by Crippen LogP contribution is -2.50. The number of likely N-dealkylation sites (tertiary alicyclic amines) is 1. The second-order valence-electron chi connectivity index (χ2n) is 7.11. The van der Waals surface area contributed by atoms with E-state index < -0.39 is 0 Å². The molecule has 0 N–H and O–H groups in total. The number of amides is 1. The fourth-order valence-electron chi connectivity index (χ4n) is 4.20. The summed E-state index contributed by atoms with van der Waals surface area (Å²) < 4.78 is 1.87. The Morgan fingerprint density at radius 1 is 1.28 bits per heavy atom. The largest absolute Gasteiger partial charge is 0.337 e. The summed E-state index contributed by atoms with van der Waals surface area (Å²) >= 11 is 0. The monoisotopic (exact) mass is 339 g/mol. The van der Waals surface area contributed by atoms with Crippen LogP contribution in [0, 0.1) is 0 Å². The molecule has 132 valence electrons. The van der Waals surface area contributed by atoms with Crippen LogP contribution in [0.3, 0.4) is 0 Å². The molecule has 0 radical (unpaired) electrons. The lowest BCUT2D eigenvalue weighted by molar-refractivity contribution is -0.137. The number of nitrogens with zero attached hydrogens (tertiary/aromatic N) is 5. The molecule has 6 heteroatoms. The van der Waals surface area contributed by atoms with Gasteiger partial charge in [0.1, 0.15) is 12.7 Å². The van der Waals surface area contributed by atoms with Crippen LogP contribution in [0.15, 0.2) is 36.9 Å². The third-order valence-electron chi connectivity index (χ3n) is 5.58. The van der Waals surface area contributed by atoms with Gasteiger partial charge in [0.15, 0.2) is 0 Å². The van der Waals surface area contributed by atoms with Gasteiger partial charge in [0.05, 0.1) is 12.6 Å². The summed E-state index contributed by atoms with van der Waals surface area (Å²) in [7, 11) is 0. The van der Waals surface area contributed by atoms with E-state index in [1.807, 2.05) is 9.58 Å². The van der Waals surface area contributed by atoms with Crippen LogP contribution < -0.4 is 0 Å². The van der Waals surface area contributed by atoms with E-state index in [1.54, 1.807) is 12.7 Å². The van der Waals surface area contributed by atoms with Crippen LogP contribution in [0.5, 0.6) is 0 Å². The van der Waals surface area contributed by atoms with Gasteiger partial charge in [0.25, 0.3) is 0 Å². The first kappa shape index (κ1) is 16.3. The maximum atomic E-state index is 13.1. The van der Waals surface area contributed by atoms with Crippen LogP contribution in [0.2, 0.25) is 0 Å². The van der Waals surface area contributed by atoms with Crippen molar-refractivity contribution in [1.29, 1.82) is 0 Å². The van der Waals surface area contributed by atoms with Crippen LogP contribution >= 0.6 is 0 Å². The molecule has 2 aliphatic heterocycles. The minimum Gasteiger partial charge on any atom is -0.337 e. The van der Waals surface area contributed by atoms with Crippen LogP contribution in [0.4, 0.5) is 0 Å². The number of carbonyl (C=O) groups is 1. The van der Waals surface area contributed by atoms with E-state index in [-0.39, 0.29) is 11.9 Å². The van der Waals surface area contributed by atoms with Gasteiger partial charge in [0.2, 0.25) is 5.91 Å². The van der Waals surface area contributed by atoms with E-state index in [1.165, 1.54) is 11.1 Å². The highest BCUT2D eigenvalue weighted by molar-refractivity contribution is 5.81. The van der Waals surface area contributed by atoms with E-state index >= 15 is 0 Å². The summed E-state index contributed by atoms with van der Waals surface area (Å²) in [5.41, 5.74) is 2.67. The van der Waals surface area contributed by atoms with E-state index in [0.29, 0.717) is 6.04 Å². The summed E-state index contributed by atoms with van der Waals surface area (Å²) in [6, 6.07) is 8.74.